The van der Waals surface area contributed by atoms with Gasteiger partial charge in [0.25, 0.3) is 0 Å². The van der Waals surface area contributed by atoms with Crippen molar-refractivity contribution in [3.8, 4) is 10.6 Å². The van der Waals surface area contributed by atoms with E-state index in [0.29, 0.717) is 18.1 Å². The maximum atomic E-state index is 12.0. The maximum Gasteiger partial charge on any atom is 0.228 e. The summed E-state index contributed by atoms with van der Waals surface area (Å²) in [5, 5.41) is 9.95. The number of benzene rings is 1. The molecule has 0 radical (unpaired) electrons. The smallest absolute Gasteiger partial charge is 0.228 e. The molecule has 0 fully saturated rings. The molecule has 1 heterocycles. The van der Waals surface area contributed by atoms with Gasteiger partial charge in [-0.1, -0.05) is 48.9 Å². The first-order chi connectivity index (χ1) is 9.65. The van der Waals surface area contributed by atoms with Gasteiger partial charge in [-0.3, -0.25) is 9.69 Å². The third kappa shape index (κ3) is 3.22. The fourth-order valence-corrected chi connectivity index (χ4v) is 2.85. The molecule has 0 spiro atoms. The van der Waals surface area contributed by atoms with Crippen LogP contribution in [0, 0.1) is 6.92 Å². The van der Waals surface area contributed by atoms with Crippen LogP contribution in [0.5, 0.6) is 0 Å². The molecule has 1 aromatic carbocycles. The number of carbonyl (C=O) groups excluding carboxylic acids is 1. The second kappa shape index (κ2) is 6.61. The van der Waals surface area contributed by atoms with Crippen LogP contribution in [0.1, 0.15) is 32.3 Å². The number of hydrogen-bond acceptors (Lipinski definition) is 4. The first-order valence-corrected chi connectivity index (χ1v) is 7.68. The van der Waals surface area contributed by atoms with E-state index in [4.69, 9.17) is 0 Å². The molecule has 0 saturated carbocycles. The van der Waals surface area contributed by atoms with E-state index >= 15 is 0 Å². The van der Waals surface area contributed by atoms with Crippen molar-refractivity contribution in [2.24, 2.45) is 0 Å². The number of nitrogens with zero attached hydrogens (tertiary/aromatic N) is 3. The number of hydrogen-bond donors (Lipinski definition) is 0. The predicted molar refractivity (Wildman–Crippen MR) is 83.0 cm³/mol. The minimum atomic E-state index is 0.0961. The van der Waals surface area contributed by atoms with Crippen LogP contribution in [0.25, 0.3) is 10.6 Å². The quantitative estimate of drug-likeness (QED) is 0.843. The minimum Gasteiger partial charge on any atom is -0.287 e. The highest BCUT2D eigenvalue weighted by atomic mass is 32.1. The second-order valence-corrected chi connectivity index (χ2v) is 5.61. The number of carbonyl (C=O) groups is 1. The van der Waals surface area contributed by atoms with Gasteiger partial charge in [0.05, 0.1) is 0 Å². The molecule has 106 valence electrons. The molecule has 0 N–H and O–H groups in total. The fraction of sp³-hybridized carbons (Fsp3) is 0.400. The van der Waals surface area contributed by atoms with E-state index in [1.54, 1.807) is 4.90 Å². The van der Waals surface area contributed by atoms with Crippen molar-refractivity contribution in [3.63, 3.8) is 0 Å². The van der Waals surface area contributed by atoms with Crippen LogP contribution in [0.3, 0.4) is 0 Å². The van der Waals surface area contributed by atoms with E-state index < -0.39 is 0 Å². The van der Waals surface area contributed by atoms with E-state index in [2.05, 4.69) is 36.2 Å². The highest BCUT2D eigenvalue weighted by Crippen LogP contribution is 2.29. The summed E-state index contributed by atoms with van der Waals surface area (Å²) in [6.07, 6.45) is 1.39. The zero-order chi connectivity index (χ0) is 14.5. The zero-order valence-electron chi connectivity index (χ0n) is 12.1. The van der Waals surface area contributed by atoms with E-state index in [-0.39, 0.29) is 5.91 Å². The molecule has 2 aromatic rings. The van der Waals surface area contributed by atoms with Crippen LogP contribution in [0.2, 0.25) is 0 Å². The van der Waals surface area contributed by atoms with Crippen LogP contribution >= 0.6 is 11.3 Å². The van der Waals surface area contributed by atoms with Crippen LogP contribution in [-0.4, -0.2) is 22.6 Å². The van der Waals surface area contributed by atoms with Gasteiger partial charge in [0, 0.05) is 18.5 Å². The topological polar surface area (TPSA) is 46.1 Å². The van der Waals surface area contributed by atoms with Gasteiger partial charge in [-0.25, -0.2) is 0 Å². The molecule has 0 aliphatic rings. The average Bonchev–Trinajstić information content (AvgIpc) is 2.93. The Morgan fingerprint density at radius 1 is 1.30 bits per heavy atom. The lowest BCUT2D eigenvalue weighted by molar-refractivity contribution is -0.118. The fourth-order valence-electron chi connectivity index (χ4n) is 1.96. The molecule has 0 atom stereocenters. The van der Waals surface area contributed by atoms with E-state index in [9.17, 15) is 4.79 Å². The Morgan fingerprint density at radius 3 is 2.75 bits per heavy atom. The summed E-state index contributed by atoms with van der Waals surface area (Å²) in [6.45, 7) is 6.66. The van der Waals surface area contributed by atoms with Crippen LogP contribution < -0.4 is 4.90 Å². The molecule has 0 unspecified atom stereocenters. The van der Waals surface area contributed by atoms with E-state index in [1.165, 1.54) is 16.9 Å². The van der Waals surface area contributed by atoms with Crippen LogP contribution in [-0.2, 0) is 4.79 Å². The summed E-state index contributed by atoms with van der Waals surface area (Å²) >= 11 is 1.47. The molecular formula is C15H19N3OS. The van der Waals surface area contributed by atoms with Gasteiger partial charge in [-0.05, 0) is 19.4 Å². The third-order valence-corrected chi connectivity index (χ3v) is 3.96. The Balaban J connectivity index is 2.29. The Morgan fingerprint density at radius 2 is 2.10 bits per heavy atom. The Kier molecular flexibility index (Phi) is 4.84. The number of anilines is 1. The number of rotatable bonds is 5. The lowest BCUT2D eigenvalue weighted by Crippen LogP contribution is -2.30. The molecule has 0 aliphatic carbocycles. The standard InChI is InChI=1S/C15H19N3OS/c1-4-9-18(13(19)5-2)15-17-16-14(20-15)12-8-6-7-11(3)10-12/h6-8,10H,4-5,9H2,1-3H3. The van der Waals surface area contributed by atoms with Gasteiger partial charge < -0.3 is 0 Å². The molecular weight excluding hydrogens is 270 g/mol. The number of aromatic nitrogens is 2. The summed E-state index contributed by atoms with van der Waals surface area (Å²) in [4.78, 5) is 13.7. The molecule has 2 rings (SSSR count). The van der Waals surface area contributed by atoms with Crippen molar-refractivity contribution in [2.75, 3.05) is 11.4 Å². The summed E-state index contributed by atoms with van der Waals surface area (Å²) in [7, 11) is 0. The van der Waals surface area contributed by atoms with Gasteiger partial charge in [0.1, 0.15) is 5.01 Å². The van der Waals surface area contributed by atoms with Gasteiger partial charge in [-0.15, -0.1) is 10.2 Å². The zero-order valence-corrected chi connectivity index (χ0v) is 12.9. The highest BCUT2D eigenvalue weighted by molar-refractivity contribution is 7.18. The molecule has 1 amide bonds. The average molecular weight is 289 g/mol. The SMILES string of the molecule is CCCN(C(=O)CC)c1nnc(-c2cccc(C)c2)s1. The number of aryl methyl sites for hydroxylation is 1. The Bertz CT molecular complexity index is 594. The molecule has 1 aromatic heterocycles. The van der Waals surface area contributed by atoms with E-state index in [0.717, 1.165) is 17.0 Å². The van der Waals surface area contributed by atoms with Gasteiger partial charge in [-0.2, -0.15) is 0 Å². The molecule has 20 heavy (non-hydrogen) atoms. The van der Waals surface area contributed by atoms with Gasteiger partial charge in [0.2, 0.25) is 11.0 Å². The Hall–Kier alpha value is -1.75. The van der Waals surface area contributed by atoms with Crippen molar-refractivity contribution < 1.29 is 4.79 Å². The first kappa shape index (κ1) is 14.7. The monoisotopic (exact) mass is 289 g/mol. The van der Waals surface area contributed by atoms with Crippen molar-refractivity contribution >= 4 is 22.4 Å². The molecule has 0 bridgehead atoms. The van der Waals surface area contributed by atoms with Crippen LogP contribution in [0.4, 0.5) is 5.13 Å². The lowest BCUT2D eigenvalue weighted by Gasteiger charge is -2.17. The minimum absolute atomic E-state index is 0.0961. The number of amides is 1. The van der Waals surface area contributed by atoms with Gasteiger partial charge >= 0.3 is 0 Å². The largest absolute Gasteiger partial charge is 0.287 e. The summed E-state index contributed by atoms with van der Waals surface area (Å²) in [6, 6.07) is 8.15. The second-order valence-electron chi connectivity index (χ2n) is 4.66. The molecule has 4 nitrogen and oxygen atoms in total. The normalized spacial score (nSPS) is 10.6. The van der Waals surface area contributed by atoms with Crippen molar-refractivity contribution in [1.82, 2.24) is 10.2 Å². The molecule has 5 heteroatoms. The lowest BCUT2D eigenvalue weighted by atomic mass is 10.1. The van der Waals surface area contributed by atoms with Crippen molar-refractivity contribution in [1.29, 1.82) is 0 Å². The van der Waals surface area contributed by atoms with Crippen molar-refractivity contribution in [3.05, 3.63) is 29.8 Å². The van der Waals surface area contributed by atoms with Crippen molar-refractivity contribution in [2.45, 2.75) is 33.6 Å². The summed E-state index contributed by atoms with van der Waals surface area (Å²) < 4.78 is 0. The molecule has 0 aliphatic heterocycles. The van der Waals surface area contributed by atoms with Crippen LogP contribution in [0.15, 0.2) is 24.3 Å². The maximum absolute atomic E-state index is 12.0. The first-order valence-electron chi connectivity index (χ1n) is 6.86. The van der Waals surface area contributed by atoms with Gasteiger partial charge in [0.15, 0.2) is 0 Å². The van der Waals surface area contributed by atoms with E-state index in [1.807, 2.05) is 19.1 Å². The summed E-state index contributed by atoms with van der Waals surface area (Å²) in [5.74, 6) is 0.0961. The summed E-state index contributed by atoms with van der Waals surface area (Å²) in [5.41, 5.74) is 2.24. The molecule has 0 saturated heterocycles. The Labute approximate surface area is 123 Å². The highest BCUT2D eigenvalue weighted by Gasteiger charge is 2.18. The third-order valence-electron chi connectivity index (χ3n) is 2.96. The predicted octanol–water partition coefficient (Wildman–Crippen LogP) is 3.67.